The first-order chi connectivity index (χ1) is 16.7. The molecule has 4 fully saturated rings. The Morgan fingerprint density at radius 1 is 1.34 bits per heavy atom. The summed E-state index contributed by atoms with van der Waals surface area (Å²) in [5.41, 5.74) is -0.625. The summed E-state index contributed by atoms with van der Waals surface area (Å²) < 4.78 is 12.9. The molecule has 0 aromatic carbocycles. The minimum atomic E-state index is -1.34. The Labute approximate surface area is 207 Å². The highest BCUT2D eigenvalue weighted by molar-refractivity contribution is 6.01. The van der Waals surface area contributed by atoms with E-state index in [9.17, 15) is 19.8 Å². The second-order valence-electron chi connectivity index (χ2n) is 11.2. The predicted molar refractivity (Wildman–Crippen MR) is 131 cm³/mol. The van der Waals surface area contributed by atoms with Gasteiger partial charge in [-0.05, 0) is 56.6 Å². The van der Waals surface area contributed by atoms with Crippen LogP contribution in [-0.2, 0) is 19.1 Å². The van der Waals surface area contributed by atoms with Crippen molar-refractivity contribution in [3.8, 4) is 0 Å². The first kappa shape index (κ1) is 24.6. The molecule has 2 N–H and O–H groups in total. The second kappa shape index (κ2) is 8.48. The van der Waals surface area contributed by atoms with Crippen LogP contribution in [0.4, 0.5) is 0 Å². The van der Waals surface area contributed by atoms with Crippen molar-refractivity contribution >= 4 is 11.6 Å². The number of ether oxygens (including phenoxy) is 2. The van der Waals surface area contributed by atoms with Gasteiger partial charge in [0.25, 0.3) is 0 Å². The molecule has 0 spiro atoms. The fourth-order valence-corrected chi connectivity index (χ4v) is 8.28. The molecule has 0 aromatic rings. The normalized spacial score (nSPS) is 46.6. The maximum absolute atomic E-state index is 13.5. The lowest BCUT2D eigenvalue weighted by molar-refractivity contribution is -0.194. The number of aliphatic hydroxyl groups is 2. The lowest BCUT2D eigenvalue weighted by Gasteiger charge is -2.59. The summed E-state index contributed by atoms with van der Waals surface area (Å²) in [5.74, 6) is -0.222. The first-order valence-corrected chi connectivity index (χ1v) is 12.7. The minimum absolute atomic E-state index is 0.00536. The molecule has 0 amide bonds. The number of hydrogen-bond donors (Lipinski definition) is 2. The zero-order valence-corrected chi connectivity index (χ0v) is 20.8. The first-order valence-electron chi connectivity index (χ1n) is 12.7. The van der Waals surface area contributed by atoms with Crippen LogP contribution in [0.5, 0.6) is 0 Å². The van der Waals surface area contributed by atoms with Gasteiger partial charge >= 0.3 is 0 Å². The van der Waals surface area contributed by atoms with Gasteiger partial charge in [-0.3, -0.25) is 9.59 Å². The summed E-state index contributed by atoms with van der Waals surface area (Å²) in [6.45, 7) is 9.31. The van der Waals surface area contributed by atoms with Gasteiger partial charge in [0, 0.05) is 22.3 Å². The molecule has 9 atom stereocenters. The summed E-state index contributed by atoms with van der Waals surface area (Å²) in [6, 6.07) is 0. The van der Waals surface area contributed by atoms with E-state index < -0.39 is 36.1 Å². The van der Waals surface area contributed by atoms with Gasteiger partial charge in [-0.1, -0.05) is 56.4 Å². The lowest BCUT2D eigenvalue weighted by Crippen LogP contribution is -2.63. The van der Waals surface area contributed by atoms with Crippen LogP contribution in [0.2, 0.25) is 0 Å². The van der Waals surface area contributed by atoms with E-state index >= 15 is 0 Å². The topological polar surface area (TPSA) is 93.1 Å². The van der Waals surface area contributed by atoms with Gasteiger partial charge in [0.1, 0.15) is 6.61 Å². The van der Waals surface area contributed by atoms with Gasteiger partial charge in [-0.2, -0.15) is 0 Å². The SMILES string of the molecule is C=C/C(=C\C=C/C)C1OC2C[C@H]3[C@@H]4CCC5=CC(=O)C=C[C@]5(C)[C@H]4[C@@H](O)C[C@]3(C)[C@]2(C(=O)CO)O1. The van der Waals surface area contributed by atoms with Crippen LogP contribution in [0.25, 0.3) is 0 Å². The summed E-state index contributed by atoms with van der Waals surface area (Å²) >= 11 is 0. The van der Waals surface area contributed by atoms with Gasteiger partial charge in [0.15, 0.2) is 23.5 Å². The molecule has 1 saturated heterocycles. The number of aliphatic hydroxyl groups excluding tert-OH is 2. The number of allylic oxidation sites excluding steroid dienone is 7. The average molecular weight is 481 g/mol. The molecular weight excluding hydrogens is 444 g/mol. The van der Waals surface area contributed by atoms with Crippen molar-refractivity contribution < 1.29 is 29.3 Å². The summed E-state index contributed by atoms with van der Waals surface area (Å²) in [6.07, 6.45) is 13.3. The van der Waals surface area contributed by atoms with Crippen molar-refractivity contribution in [2.24, 2.45) is 28.6 Å². The molecule has 0 bridgehead atoms. The maximum Gasteiger partial charge on any atom is 0.193 e. The largest absolute Gasteiger partial charge is 0.393 e. The van der Waals surface area contributed by atoms with Crippen LogP contribution in [0.3, 0.4) is 0 Å². The second-order valence-corrected chi connectivity index (χ2v) is 11.2. The van der Waals surface area contributed by atoms with Gasteiger partial charge in [-0.25, -0.2) is 0 Å². The van der Waals surface area contributed by atoms with Crippen molar-refractivity contribution in [1.29, 1.82) is 0 Å². The molecule has 1 heterocycles. The van der Waals surface area contributed by atoms with E-state index in [2.05, 4.69) is 13.5 Å². The van der Waals surface area contributed by atoms with Crippen LogP contribution in [0.1, 0.15) is 46.5 Å². The molecule has 6 heteroatoms. The number of rotatable bonds is 5. The fraction of sp³-hybridized carbons (Fsp3) is 0.586. The van der Waals surface area contributed by atoms with Crippen LogP contribution >= 0.6 is 0 Å². The van der Waals surface area contributed by atoms with E-state index in [4.69, 9.17) is 9.47 Å². The van der Waals surface area contributed by atoms with Gasteiger partial charge < -0.3 is 19.7 Å². The third kappa shape index (κ3) is 3.23. The molecular formula is C29H36O6. The smallest absolute Gasteiger partial charge is 0.193 e. The van der Waals surface area contributed by atoms with Crippen molar-refractivity contribution in [2.45, 2.75) is 70.6 Å². The number of carbonyl (C=O) groups is 2. The zero-order valence-electron chi connectivity index (χ0n) is 20.8. The molecule has 0 radical (unpaired) electrons. The number of ketones is 2. The summed E-state index contributed by atoms with van der Waals surface area (Å²) in [5, 5.41) is 21.7. The molecule has 5 aliphatic rings. The standard InChI is InChI=1S/C29H36O6/c1-5-7-8-17(6-2)26-34-24-14-21-20-10-9-18-13-19(31)11-12-27(18,3)25(20)22(32)15-28(21,4)29(24,35-26)23(33)16-30/h5-8,11-13,20-22,24-26,30,32H,2,9-10,14-16H2,1,3-4H3/b7-5-,17-8+/t20-,21-,22-,24?,25+,26?,27-,28-,29+/m0/s1. The van der Waals surface area contributed by atoms with Gasteiger partial charge in [0.05, 0.1) is 12.2 Å². The van der Waals surface area contributed by atoms with E-state index in [0.29, 0.717) is 18.4 Å². The fourth-order valence-electron chi connectivity index (χ4n) is 8.28. The third-order valence-electron chi connectivity index (χ3n) is 9.78. The molecule has 4 aliphatic carbocycles. The van der Waals surface area contributed by atoms with Crippen LogP contribution in [-0.4, -0.2) is 52.5 Å². The number of Topliss-reactive ketones (excluding diaryl/α,β-unsaturated/α-hetero) is 1. The van der Waals surface area contributed by atoms with Crippen molar-refractivity contribution in [3.05, 3.63) is 60.3 Å². The molecule has 35 heavy (non-hydrogen) atoms. The van der Waals surface area contributed by atoms with Crippen molar-refractivity contribution in [2.75, 3.05) is 6.61 Å². The molecule has 188 valence electrons. The summed E-state index contributed by atoms with van der Waals surface area (Å²) in [7, 11) is 0. The maximum atomic E-state index is 13.5. The van der Waals surface area contributed by atoms with E-state index in [1.54, 1.807) is 18.2 Å². The highest BCUT2D eigenvalue weighted by Gasteiger charge is 2.75. The molecule has 0 aromatic heterocycles. The predicted octanol–water partition coefficient (Wildman–Crippen LogP) is 3.61. The van der Waals surface area contributed by atoms with Crippen LogP contribution in [0.15, 0.2) is 60.3 Å². The average Bonchev–Trinajstić information content (AvgIpc) is 3.32. The molecule has 1 aliphatic heterocycles. The van der Waals surface area contributed by atoms with E-state index in [1.165, 1.54) is 0 Å². The monoisotopic (exact) mass is 480 g/mol. The Bertz CT molecular complexity index is 1070. The highest BCUT2D eigenvalue weighted by atomic mass is 16.7. The minimum Gasteiger partial charge on any atom is -0.393 e. The number of fused-ring (bicyclic) bond motifs is 7. The zero-order chi connectivity index (χ0) is 25.2. The van der Waals surface area contributed by atoms with E-state index in [0.717, 1.165) is 18.4 Å². The Hall–Kier alpha value is -2.12. The van der Waals surface area contributed by atoms with Crippen molar-refractivity contribution in [3.63, 3.8) is 0 Å². The Balaban J connectivity index is 1.55. The third-order valence-corrected chi connectivity index (χ3v) is 9.78. The van der Waals surface area contributed by atoms with Gasteiger partial charge in [-0.15, -0.1) is 0 Å². The molecule has 2 unspecified atom stereocenters. The lowest BCUT2D eigenvalue weighted by atomic mass is 9.46. The molecule has 3 saturated carbocycles. The van der Waals surface area contributed by atoms with E-state index in [-0.39, 0.29) is 34.7 Å². The van der Waals surface area contributed by atoms with Crippen LogP contribution < -0.4 is 0 Å². The Morgan fingerprint density at radius 3 is 2.80 bits per heavy atom. The Morgan fingerprint density at radius 2 is 2.11 bits per heavy atom. The Kier molecular flexibility index (Phi) is 5.95. The van der Waals surface area contributed by atoms with E-state index in [1.807, 2.05) is 38.2 Å². The van der Waals surface area contributed by atoms with Crippen LogP contribution in [0, 0.1) is 28.6 Å². The van der Waals surface area contributed by atoms with Crippen molar-refractivity contribution in [1.82, 2.24) is 0 Å². The highest BCUT2D eigenvalue weighted by Crippen LogP contribution is 2.69. The van der Waals surface area contributed by atoms with Gasteiger partial charge in [0.2, 0.25) is 0 Å². The molecule has 5 rings (SSSR count). The molecule has 6 nitrogen and oxygen atoms in total. The number of carbonyl (C=O) groups excluding carboxylic acids is 2. The number of hydrogen-bond acceptors (Lipinski definition) is 6. The summed E-state index contributed by atoms with van der Waals surface area (Å²) in [4.78, 5) is 25.5. The quantitative estimate of drug-likeness (QED) is 0.584.